The number of rotatable bonds is 4. The van der Waals surface area contributed by atoms with Crippen LogP contribution in [-0.4, -0.2) is 26.3 Å². The average molecular weight is 235 g/mol. The van der Waals surface area contributed by atoms with Crippen LogP contribution in [0.4, 0.5) is 0 Å². The van der Waals surface area contributed by atoms with Gasteiger partial charge in [0.1, 0.15) is 6.07 Å². The first-order valence-electron chi connectivity index (χ1n) is 4.95. The van der Waals surface area contributed by atoms with E-state index in [2.05, 4.69) is 0 Å². The first-order valence-corrected chi connectivity index (χ1v) is 4.95. The topological polar surface area (TPSA) is 68.5 Å². The zero-order valence-corrected chi connectivity index (χ0v) is 9.89. The van der Waals surface area contributed by atoms with Gasteiger partial charge < -0.3 is 14.2 Å². The Morgan fingerprint density at radius 3 is 2.47 bits per heavy atom. The van der Waals surface area contributed by atoms with Gasteiger partial charge in [0.2, 0.25) is 0 Å². The third-order valence-electron chi connectivity index (χ3n) is 2.08. The molecule has 0 amide bonds. The van der Waals surface area contributed by atoms with E-state index < -0.39 is 12.1 Å². The predicted molar refractivity (Wildman–Crippen MR) is 60.0 cm³/mol. The van der Waals surface area contributed by atoms with E-state index in [0.717, 1.165) is 0 Å². The van der Waals surface area contributed by atoms with E-state index in [9.17, 15) is 4.79 Å². The van der Waals surface area contributed by atoms with Crippen molar-refractivity contribution in [1.29, 1.82) is 5.26 Å². The summed E-state index contributed by atoms with van der Waals surface area (Å²) in [7, 11) is 2.98. The summed E-state index contributed by atoms with van der Waals surface area (Å²) in [4.78, 5) is 11.6. The molecule has 0 bridgehead atoms. The Morgan fingerprint density at radius 2 is 1.94 bits per heavy atom. The number of nitrogens with zero attached hydrogens (tertiary/aromatic N) is 1. The summed E-state index contributed by atoms with van der Waals surface area (Å²) >= 11 is 0. The lowest BCUT2D eigenvalue weighted by Crippen LogP contribution is -2.13. The van der Waals surface area contributed by atoms with Gasteiger partial charge in [0.25, 0.3) is 0 Å². The van der Waals surface area contributed by atoms with Crippen LogP contribution in [0.5, 0.6) is 11.5 Å². The lowest BCUT2D eigenvalue weighted by molar-refractivity contribution is 0.0435. The maximum absolute atomic E-state index is 11.6. The van der Waals surface area contributed by atoms with Crippen LogP contribution in [0.1, 0.15) is 17.3 Å². The zero-order chi connectivity index (χ0) is 12.8. The molecule has 1 rings (SSSR count). The molecule has 5 heteroatoms. The molecule has 1 aromatic carbocycles. The highest BCUT2D eigenvalue weighted by Crippen LogP contribution is 2.27. The van der Waals surface area contributed by atoms with Gasteiger partial charge in [-0.3, -0.25) is 0 Å². The molecule has 5 nitrogen and oxygen atoms in total. The molecule has 0 radical (unpaired) electrons. The maximum Gasteiger partial charge on any atom is 0.339 e. The highest BCUT2D eigenvalue weighted by atomic mass is 16.5. The van der Waals surface area contributed by atoms with Gasteiger partial charge in [-0.2, -0.15) is 5.26 Å². The standard InChI is InChI=1S/C12H13NO4/c1-8(7-13)17-12(14)9-4-5-10(15-2)11(6-9)16-3/h4-6,8H,1-3H3/t8-/m0/s1. The lowest BCUT2D eigenvalue weighted by atomic mass is 10.2. The minimum absolute atomic E-state index is 0.310. The van der Waals surface area contributed by atoms with Crippen molar-refractivity contribution < 1.29 is 19.0 Å². The van der Waals surface area contributed by atoms with Gasteiger partial charge >= 0.3 is 5.97 Å². The molecule has 0 aliphatic rings. The zero-order valence-electron chi connectivity index (χ0n) is 9.89. The monoisotopic (exact) mass is 235 g/mol. The fourth-order valence-electron chi connectivity index (χ4n) is 1.22. The number of methoxy groups -OCH3 is 2. The Labute approximate surface area is 99.5 Å². The third kappa shape index (κ3) is 3.11. The van der Waals surface area contributed by atoms with Crippen molar-refractivity contribution in [2.75, 3.05) is 14.2 Å². The molecule has 0 aliphatic heterocycles. The van der Waals surface area contributed by atoms with Gasteiger partial charge in [-0.1, -0.05) is 0 Å². The highest BCUT2D eigenvalue weighted by Gasteiger charge is 2.14. The van der Waals surface area contributed by atoms with E-state index in [0.29, 0.717) is 17.1 Å². The summed E-state index contributed by atoms with van der Waals surface area (Å²) in [5.74, 6) is 0.393. The Balaban J connectivity index is 2.93. The summed E-state index contributed by atoms with van der Waals surface area (Å²) in [6.45, 7) is 1.50. The van der Waals surface area contributed by atoms with Crippen molar-refractivity contribution in [3.05, 3.63) is 23.8 Å². The molecule has 0 spiro atoms. The summed E-state index contributed by atoms with van der Waals surface area (Å²) in [5.41, 5.74) is 0.310. The number of carbonyl (C=O) groups is 1. The molecule has 90 valence electrons. The normalized spacial score (nSPS) is 11.2. The summed E-state index contributed by atoms with van der Waals surface area (Å²) in [5, 5.41) is 8.54. The molecule has 0 unspecified atom stereocenters. The molecule has 0 aliphatic carbocycles. The van der Waals surface area contributed by atoms with Crippen LogP contribution >= 0.6 is 0 Å². The van der Waals surface area contributed by atoms with Crippen LogP contribution in [0, 0.1) is 11.3 Å². The van der Waals surface area contributed by atoms with E-state index in [4.69, 9.17) is 19.5 Å². The predicted octanol–water partition coefficient (Wildman–Crippen LogP) is 1.77. The molecular weight excluding hydrogens is 222 g/mol. The van der Waals surface area contributed by atoms with E-state index in [1.54, 1.807) is 12.1 Å². The minimum atomic E-state index is -0.782. The molecule has 0 saturated carbocycles. The fraction of sp³-hybridized carbons (Fsp3) is 0.333. The van der Waals surface area contributed by atoms with Crippen LogP contribution < -0.4 is 9.47 Å². The van der Waals surface area contributed by atoms with Gasteiger partial charge in [-0.15, -0.1) is 0 Å². The van der Waals surface area contributed by atoms with E-state index in [1.165, 1.54) is 27.2 Å². The Kier molecular flexibility index (Phi) is 4.35. The first kappa shape index (κ1) is 12.8. The van der Waals surface area contributed by atoms with Gasteiger partial charge in [-0.25, -0.2) is 4.79 Å². The Morgan fingerprint density at radius 1 is 1.29 bits per heavy atom. The molecule has 0 fully saturated rings. The van der Waals surface area contributed by atoms with E-state index >= 15 is 0 Å². The van der Waals surface area contributed by atoms with Crippen molar-refractivity contribution in [1.82, 2.24) is 0 Å². The number of carbonyl (C=O) groups excluding carboxylic acids is 1. The smallest absolute Gasteiger partial charge is 0.339 e. The molecule has 0 N–H and O–H groups in total. The molecule has 0 aromatic heterocycles. The lowest BCUT2D eigenvalue weighted by Gasteiger charge is -2.10. The van der Waals surface area contributed by atoms with Gasteiger partial charge in [0.05, 0.1) is 19.8 Å². The second-order valence-corrected chi connectivity index (χ2v) is 3.25. The quantitative estimate of drug-likeness (QED) is 0.744. The SMILES string of the molecule is COc1ccc(C(=O)O[C@@H](C)C#N)cc1OC. The van der Waals surface area contributed by atoms with Crippen LogP contribution in [0.25, 0.3) is 0 Å². The van der Waals surface area contributed by atoms with Gasteiger partial charge in [0, 0.05) is 0 Å². The maximum atomic E-state index is 11.6. The van der Waals surface area contributed by atoms with Gasteiger partial charge in [-0.05, 0) is 25.1 Å². The molecular formula is C12H13NO4. The number of ether oxygens (including phenoxy) is 3. The van der Waals surface area contributed by atoms with Gasteiger partial charge in [0.15, 0.2) is 17.6 Å². The van der Waals surface area contributed by atoms with E-state index in [-0.39, 0.29) is 0 Å². The van der Waals surface area contributed by atoms with Crippen molar-refractivity contribution >= 4 is 5.97 Å². The summed E-state index contributed by atoms with van der Waals surface area (Å²) in [6, 6.07) is 6.48. The molecule has 1 aromatic rings. The largest absolute Gasteiger partial charge is 0.493 e. The van der Waals surface area contributed by atoms with Crippen LogP contribution in [0.15, 0.2) is 18.2 Å². The second kappa shape index (κ2) is 5.75. The Hall–Kier alpha value is -2.22. The van der Waals surface area contributed by atoms with Crippen molar-refractivity contribution in [3.63, 3.8) is 0 Å². The first-order chi connectivity index (χ1) is 8.12. The van der Waals surface area contributed by atoms with Crippen molar-refractivity contribution in [3.8, 4) is 17.6 Å². The summed E-state index contributed by atoms with van der Waals surface area (Å²) in [6.07, 6.45) is -0.782. The van der Waals surface area contributed by atoms with Crippen LogP contribution in [-0.2, 0) is 4.74 Å². The number of hydrogen-bond acceptors (Lipinski definition) is 5. The van der Waals surface area contributed by atoms with Crippen molar-refractivity contribution in [2.45, 2.75) is 13.0 Å². The molecule has 0 heterocycles. The van der Waals surface area contributed by atoms with Crippen molar-refractivity contribution in [2.24, 2.45) is 0 Å². The third-order valence-corrected chi connectivity index (χ3v) is 2.08. The number of benzene rings is 1. The fourth-order valence-corrected chi connectivity index (χ4v) is 1.22. The average Bonchev–Trinajstić information content (AvgIpc) is 2.37. The number of esters is 1. The molecule has 17 heavy (non-hydrogen) atoms. The molecule has 0 saturated heterocycles. The second-order valence-electron chi connectivity index (χ2n) is 3.25. The number of nitriles is 1. The highest BCUT2D eigenvalue weighted by molar-refractivity contribution is 5.90. The minimum Gasteiger partial charge on any atom is -0.493 e. The van der Waals surface area contributed by atoms with Crippen LogP contribution in [0.2, 0.25) is 0 Å². The Bertz CT molecular complexity index is 450. The summed E-state index contributed by atoms with van der Waals surface area (Å²) < 4.78 is 15.0. The molecule has 1 atom stereocenters. The number of hydrogen-bond donors (Lipinski definition) is 0. The van der Waals surface area contributed by atoms with Crippen LogP contribution in [0.3, 0.4) is 0 Å². The van der Waals surface area contributed by atoms with E-state index in [1.807, 2.05) is 6.07 Å².